The molecule has 2 aliphatic heterocycles. The number of benzene rings is 1. The zero-order valence-electron chi connectivity index (χ0n) is 16.1. The number of aliphatic hydroxyl groups is 1. The molecule has 0 radical (unpaired) electrons. The average molecular weight is 370 g/mol. The maximum Gasteiger partial charge on any atom is 0.174 e. The number of likely N-dealkylation sites (N-methyl/N-ethyl adjacent to an activating group) is 1. The molecular formula is C22H28NO4+. The number of rotatable bonds is 2. The zero-order chi connectivity index (χ0) is 18.8. The van der Waals surface area contributed by atoms with Gasteiger partial charge in [0.05, 0.1) is 25.6 Å². The van der Waals surface area contributed by atoms with Crippen LogP contribution in [0.15, 0.2) is 6.07 Å². The number of aromatic hydroxyl groups is 1. The van der Waals surface area contributed by atoms with Crippen molar-refractivity contribution in [3.63, 3.8) is 0 Å². The van der Waals surface area contributed by atoms with E-state index in [1.54, 1.807) is 0 Å². The Labute approximate surface area is 159 Å². The summed E-state index contributed by atoms with van der Waals surface area (Å²) in [5.41, 5.74) is 1.30. The van der Waals surface area contributed by atoms with Crippen molar-refractivity contribution >= 4 is 5.78 Å². The molecule has 2 heterocycles. The van der Waals surface area contributed by atoms with Crippen LogP contribution in [-0.4, -0.2) is 58.4 Å². The Morgan fingerprint density at radius 3 is 2.85 bits per heavy atom. The van der Waals surface area contributed by atoms with Gasteiger partial charge in [-0.2, -0.15) is 0 Å². The van der Waals surface area contributed by atoms with Crippen LogP contribution in [0, 0.1) is 12.8 Å². The van der Waals surface area contributed by atoms with Crippen LogP contribution >= 0.6 is 0 Å². The van der Waals surface area contributed by atoms with Crippen molar-refractivity contribution in [3.8, 4) is 11.5 Å². The Morgan fingerprint density at radius 1 is 1.33 bits per heavy atom. The van der Waals surface area contributed by atoms with Crippen molar-refractivity contribution in [2.45, 2.75) is 68.6 Å². The second kappa shape index (κ2) is 4.69. The molecule has 0 amide bonds. The van der Waals surface area contributed by atoms with E-state index in [0.29, 0.717) is 18.6 Å². The highest BCUT2D eigenvalue weighted by Crippen LogP contribution is 2.66. The van der Waals surface area contributed by atoms with Gasteiger partial charge in [-0.15, -0.1) is 0 Å². The number of piperidine rings is 1. The molecule has 1 saturated heterocycles. The van der Waals surface area contributed by atoms with Gasteiger partial charge in [-0.1, -0.05) is 6.07 Å². The van der Waals surface area contributed by atoms with Gasteiger partial charge in [-0.25, -0.2) is 0 Å². The fourth-order valence-electron chi connectivity index (χ4n) is 7.16. The molecule has 0 unspecified atom stereocenters. The third-order valence-electron chi connectivity index (χ3n) is 8.58. The summed E-state index contributed by atoms with van der Waals surface area (Å²) in [4.78, 5) is 12.9. The van der Waals surface area contributed by atoms with Gasteiger partial charge in [0, 0.05) is 30.7 Å². The third kappa shape index (κ3) is 1.72. The molecular weight excluding hydrogens is 342 g/mol. The molecule has 2 N–H and O–H groups in total. The minimum absolute atomic E-state index is 0.0813. The fraction of sp³-hybridized carbons (Fsp3) is 0.682. The smallest absolute Gasteiger partial charge is 0.174 e. The first-order valence-electron chi connectivity index (χ1n) is 10.4. The lowest BCUT2D eigenvalue weighted by Crippen LogP contribution is -2.80. The Morgan fingerprint density at radius 2 is 2.11 bits per heavy atom. The molecule has 5 nitrogen and oxygen atoms in total. The number of Topliss-reactive ketones (excluding diaryl/α,β-unsaturated/α-hetero) is 1. The summed E-state index contributed by atoms with van der Waals surface area (Å²) in [5, 5.41) is 22.9. The number of aryl methyl sites for hydroxylation is 1. The van der Waals surface area contributed by atoms with E-state index in [4.69, 9.17) is 4.74 Å². The van der Waals surface area contributed by atoms with E-state index >= 15 is 0 Å². The first-order chi connectivity index (χ1) is 12.8. The lowest BCUT2D eigenvalue weighted by atomic mass is 9.48. The first kappa shape index (κ1) is 16.4. The Balaban J connectivity index is 1.62. The van der Waals surface area contributed by atoms with Gasteiger partial charge in [-0.05, 0) is 37.3 Å². The summed E-state index contributed by atoms with van der Waals surface area (Å²) < 4.78 is 7.06. The highest BCUT2D eigenvalue weighted by molar-refractivity contribution is 5.90. The Bertz CT molecular complexity index is 893. The van der Waals surface area contributed by atoms with Crippen LogP contribution in [0.2, 0.25) is 0 Å². The molecule has 3 aliphatic carbocycles. The predicted molar refractivity (Wildman–Crippen MR) is 98.9 cm³/mol. The zero-order valence-corrected chi connectivity index (χ0v) is 16.1. The molecule has 2 saturated carbocycles. The highest BCUT2D eigenvalue weighted by Gasteiger charge is 2.76. The number of carbonyl (C=O) groups excluding carboxylic acids is 1. The number of quaternary nitrogens is 1. The van der Waals surface area contributed by atoms with Gasteiger partial charge >= 0.3 is 0 Å². The molecule has 27 heavy (non-hydrogen) atoms. The van der Waals surface area contributed by atoms with Gasteiger partial charge in [0.1, 0.15) is 11.6 Å². The number of phenolic OH excluding ortho intramolecular Hbond substituents is 1. The van der Waals surface area contributed by atoms with E-state index in [2.05, 4.69) is 13.1 Å². The van der Waals surface area contributed by atoms with Crippen molar-refractivity contribution < 1.29 is 24.2 Å². The fourth-order valence-corrected chi connectivity index (χ4v) is 7.16. The molecule has 5 aliphatic rings. The average Bonchev–Trinajstić information content (AvgIpc) is 3.34. The molecule has 0 aromatic heterocycles. The van der Waals surface area contributed by atoms with Crippen LogP contribution in [0.1, 0.15) is 48.8 Å². The molecule has 1 aromatic carbocycles. The summed E-state index contributed by atoms with van der Waals surface area (Å²) in [6, 6.07) is 2.16. The van der Waals surface area contributed by atoms with Crippen molar-refractivity contribution in [1.82, 2.24) is 0 Å². The van der Waals surface area contributed by atoms with E-state index < -0.39 is 17.1 Å². The van der Waals surface area contributed by atoms with Gasteiger partial charge in [-0.3, -0.25) is 4.79 Å². The molecule has 6 rings (SSSR count). The molecule has 3 fully saturated rings. The number of phenols is 1. The SMILES string of the molecule is Cc1cc2c3c(c1O)O[C@H]1C(=O)CC[C@@]4(O)[C@H](C2)[N@@+](C)(CC2CC2)CC[C@]314. The largest absolute Gasteiger partial charge is 0.504 e. The highest BCUT2D eigenvalue weighted by atomic mass is 16.5. The quantitative estimate of drug-likeness (QED) is 0.782. The van der Waals surface area contributed by atoms with Crippen molar-refractivity contribution in [3.05, 3.63) is 22.8 Å². The summed E-state index contributed by atoms with van der Waals surface area (Å²) >= 11 is 0. The number of likely N-dealkylation sites (tertiary alicyclic amines) is 1. The number of hydrogen-bond acceptors (Lipinski definition) is 4. The van der Waals surface area contributed by atoms with Crippen LogP contribution < -0.4 is 4.74 Å². The second-order valence-corrected chi connectivity index (χ2v) is 10.1. The minimum Gasteiger partial charge on any atom is -0.504 e. The van der Waals surface area contributed by atoms with E-state index in [0.717, 1.165) is 47.5 Å². The van der Waals surface area contributed by atoms with E-state index in [1.165, 1.54) is 18.4 Å². The van der Waals surface area contributed by atoms with Crippen LogP contribution in [0.25, 0.3) is 0 Å². The van der Waals surface area contributed by atoms with Gasteiger partial charge < -0.3 is 19.4 Å². The van der Waals surface area contributed by atoms with Crippen molar-refractivity contribution in [2.24, 2.45) is 5.92 Å². The minimum atomic E-state index is -0.937. The number of nitrogens with zero attached hydrogens (tertiary/aromatic N) is 1. The molecule has 144 valence electrons. The molecule has 1 aromatic rings. The molecule has 1 spiro atoms. The van der Waals surface area contributed by atoms with Gasteiger partial charge in [0.25, 0.3) is 0 Å². The van der Waals surface area contributed by atoms with Crippen LogP contribution in [0.3, 0.4) is 0 Å². The number of carbonyl (C=O) groups is 1. The predicted octanol–water partition coefficient (Wildman–Crippen LogP) is 1.98. The number of ether oxygens (including phenoxy) is 1. The summed E-state index contributed by atoms with van der Waals surface area (Å²) in [6.45, 7) is 3.98. The van der Waals surface area contributed by atoms with Gasteiger partial charge in [0.15, 0.2) is 23.4 Å². The normalized spacial score (nSPS) is 44.0. The molecule has 5 atom stereocenters. The lowest BCUT2D eigenvalue weighted by Gasteiger charge is -2.64. The third-order valence-corrected chi connectivity index (χ3v) is 8.58. The number of ketones is 1. The Hall–Kier alpha value is -1.59. The maximum atomic E-state index is 12.9. The van der Waals surface area contributed by atoms with Crippen molar-refractivity contribution in [2.75, 3.05) is 20.1 Å². The standard InChI is InChI=1S/C22H27NO4/c1-12-9-14-10-16-22(26)6-5-15(24)20-21(22,17(14)19(27-20)18(12)25)7-8-23(16,2)11-13-3-4-13/h9,13,16,20,26H,3-8,10-11H2,1-2H3/p+1/t16-,20-,21-,22+,23+/m0/s1. The van der Waals surface area contributed by atoms with E-state index in [-0.39, 0.29) is 17.6 Å². The molecule has 5 heteroatoms. The van der Waals surface area contributed by atoms with Crippen LogP contribution in [-0.2, 0) is 16.6 Å². The van der Waals surface area contributed by atoms with E-state index in [1.807, 2.05) is 6.92 Å². The monoisotopic (exact) mass is 370 g/mol. The van der Waals surface area contributed by atoms with Crippen molar-refractivity contribution in [1.29, 1.82) is 0 Å². The molecule has 2 bridgehead atoms. The summed E-state index contributed by atoms with van der Waals surface area (Å²) in [6.07, 6.45) is 4.41. The van der Waals surface area contributed by atoms with Crippen LogP contribution in [0.5, 0.6) is 11.5 Å². The maximum absolute atomic E-state index is 12.9. The topological polar surface area (TPSA) is 66.8 Å². The van der Waals surface area contributed by atoms with E-state index in [9.17, 15) is 15.0 Å². The van der Waals surface area contributed by atoms with Crippen LogP contribution in [0.4, 0.5) is 0 Å². The lowest BCUT2D eigenvalue weighted by molar-refractivity contribution is -0.950. The summed E-state index contributed by atoms with van der Waals surface area (Å²) in [5.74, 6) is 1.48. The summed E-state index contributed by atoms with van der Waals surface area (Å²) in [7, 11) is 2.31. The Kier molecular flexibility index (Phi) is 2.84. The van der Waals surface area contributed by atoms with Gasteiger partial charge in [0.2, 0.25) is 0 Å². The number of hydrogen-bond donors (Lipinski definition) is 2. The first-order valence-corrected chi connectivity index (χ1v) is 10.4. The second-order valence-electron chi connectivity index (χ2n) is 10.1.